The number of carbonyl (C=O) groups is 3. The fourth-order valence-electron chi connectivity index (χ4n) is 5.35. The molecule has 1 aliphatic heterocycles. The van der Waals surface area contributed by atoms with Gasteiger partial charge in [-0.2, -0.15) is 0 Å². The number of para-hydroxylation sites is 2. The number of rotatable bonds is 7. The monoisotopic (exact) mass is 476 g/mol. The van der Waals surface area contributed by atoms with Gasteiger partial charge >= 0.3 is 5.97 Å². The molecule has 1 aromatic carbocycles. The van der Waals surface area contributed by atoms with Gasteiger partial charge in [0, 0.05) is 39.0 Å². The molecule has 0 spiro atoms. The second-order valence-electron chi connectivity index (χ2n) is 8.87. The van der Waals surface area contributed by atoms with E-state index in [2.05, 4.69) is 15.9 Å². The number of fused-ring (bicyclic) bond motifs is 1. The lowest BCUT2D eigenvalue weighted by Crippen LogP contribution is -2.46. The van der Waals surface area contributed by atoms with Crippen molar-refractivity contribution in [3.05, 3.63) is 36.4 Å². The van der Waals surface area contributed by atoms with Crippen LogP contribution in [0.3, 0.4) is 0 Å². The summed E-state index contributed by atoms with van der Waals surface area (Å²) in [4.78, 5) is 42.0. The van der Waals surface area contributed by atoms with Crippen LogP contribution in [0.25, 0.3) is 0 Å². The third-order valence-corrected chi connectivity index (χ3v) is 6.95. The number of ether oxygens (including phenoxy) is 2. The summed E-state index contributed by atoms with van der Waals surface area (Å²) in [5.41, 5.74) is 1.12. The number of hydrogen-bond acceptors (Lipinski definition) is 7. The molecule has 0 radical (unpaired) electrons. The number of carbonyl (C=O) groups excluding carboxylic acids is 3. The van der Waals surface area contributed by atoms with Crippen LogP contribution in [0.5, 0.6) is 5.75 Å². The number of hydrogen-bond donors (Lipinski definition) is 0. The predicted octanol–water partition coefficient (Wildman–Crippen LogP) is 2.91. The fraction of sp³-hybridized carbons (Fsp3) is 0.560. The van der Waals surface area contributed by atoms with E-state index in [1.807, 2.05) is 24.3 Å². The van der Waals surface area contributed by atoms with Crippen LogP contribution in [0.4, 0.5) is 5.69 Å². The summed E-state index contributed by atoms with van der Waals surface area (Å²) in [7, 11) is 1.70. The molecule has 2 fully saturated rings. The van der Waals surface area contributed by atoms with Crippen molar-refractivity contribution in [1.29, 1.82) is 0 Å². The van der Waals surface area contributed by atoms with Crippen LogP contribution in [-0.4, -0.2) is 68.4 Å². The zero-order valence-corrected chi connectivity index (χ0v) is 20.1. The van der Waals surface area contributed by atoms with Crippen LogP contribution in [0.1, 0.15) is 26.2 Å². The molecule has 180 valence electrons. The Morgan fingerprint density at radius 1 is 1.09 bits per heavy atom. The number of piperazine rings is 1. The highest BCUT2D eigenvalue weighted by molar-refractivity contribution is 6.12. The van der Waals surface area contributed by atoms with Gasteiger partial charge in [0.05, 0.1) is 24.6 Å². The van der Waals surface area contributed by atoms with Gasteiger partial charge in [-0.3, -0.25) is 19.3 Å². The van der Waals surface area contributed by atoms with Crippen molar-refractivity contribution in [2.45, 2.75) is 32.3 Å². The maximum atomic E-state index is 13.0. The highest BCUT2D eigenvalue weighted by Gasteiger charge is 2.52. The molecule has 0 aromatic heterocycles. The summed E-state index contributed by atoms with van der Waals surface area (Å²) in [5, 5.41) is 0. The van der Waals surface area contributed by atoms with E-state index in [9.17, 15) is 14.4 Å². The summed E-state index contributed by atoms with van der Waals surface area (Å²) < 4.78 is 10.8. The standard InChI is InChI=1S/C25H32N2O5.ClH/c1-17(28)32-22-11-5-7-18-23(22)25(30)19(24(18)29)8-6-12-26-13-15-27(16-14-26)20-9-3-4-10-21(20)31-2;/h3-5,9-11,18-19,22-23H,6-8,12-16H2,1-2H3;1H. The Kier molecular flexibility index (Phi) is 8.54. The molecule has 33 heavy (non-hydrogen) atoms. The number of anilines is 1. The lowest BCUT2D eigenvalue weighted by Gasteiger charge is -2.36. The molecule has 1 aromatic rings. The van der Waals surface area contributed by atoms with E-state index in [0.29, 0.717) is 12.8 Å². The van der Waals surface area contributed by atoms with Gasteiger partial charge in [0.15, 0.2) is 5.78 Å². The minimum Gasteiger partial charge on any atom is -0.495 e. The normalized spacial score (nSPS) is 27.2. The third kappa shape index (κ3) is 5.41. The number of benzene rings is 1. The fourth-order valence-corrected chi connectivity index (χ4v) is 5.35. The van der Waals surface area contributed by atoms with Crippen molar-refractivity contribution in [2.24, 2.45) is 17.8 Å². The van der Waals surface area contributed by atoms with Crippen LogP contribution >= 0.6 is 12.4 Å². The number of ketones is 2. The maximum Gasteiger partial charge on any atom is 0.303 e. The molecule has 4 rings (SSSR count). The van der Waals surface area contributed by atoms with Crippen molar-refractivity contribution < 1.29 is 23.9 Å². The van der Waals surface area contributed by atoms with Gasteiger partial charge < -0.3 is 14.4 Å². The molecule has 4 atom stereocenters. The van der Waals surface area contributed by atoms with Gasteiger partial charge in [-0.15, -0.1) is 12.4 Å². The minimum atomic E-state index is -0.601. The average Bonchev–Trinajstić information content (AvgIpc) is 3.05. The molecule has 0 N–H and O–H groups in total. The molecule has 2 aliphatic carbocycles. The quantitative estimate of drug-likeness (QED) is 0.340. The molecule has 3 aliphatic rings. The van der Waals surface area contributed by atoms with E-state index in [0.717, 1.165) is 50.6 Å². The van der Waals surface area contributed by atoms with Crippen LogP contribution in [0.15, 0.2) is 36.4 Å². The number of halogens is 1. The molecule has 7 nitrogen and oxygen atoms in total. The molecule has 0 bridgehead atoms. The molecule has 1 saturated carbocycles. The SMILES string of the molecule is COc1ccccc1N1CCN(CCCC2C(=O)C3CC=CC(OC(C)=O)C3C2=O)CC1.Cl. The smallest absolute Gasteiger partial charge is 0.303 e. The Balaban J connectivity index is 0.00000306. The first kappa shape index (κ1) is 25.2. The molecule has 1 saturated heterocycles. The first-order valence-electron chi connectivity index (χ1n) is 11.5. The lowest BCUT2D eigenvalue weighted by atomic mass is 9.83. The molecule has 0 amide bonds. The highest BCUT2D eigenvalue weighted by Crippen LogP contribution is 2.41. The summed E-state index contributed by atoms with van der Waals surface area (Å²) in [5.74, 6) is -0.951. The van der Waals surface area contributed by atoms with Crippen molar-refractivity contribution in [3.63, 3.8) is 0 Å². The zero-order valence-electron chi connectivity index (χ0n) is 19.3. The van der Waals surface area contributed by atoms with Gasteiger partial charge in [-0.25, -0.2) is 0 Å². The summed E-state index contributed by atoms with van der Waals surface area (Å²) in [6, 6.07) is 8.07. The Hall–Kier alpha value is -2.38. The van der Waals surface area contributed by atoms with Crippen molar-refractivity contribution >= 4 is 35.6 Å². The number of Topliss-reactive ketones (excluding diaryl/α,β-unsaturated/α-hetero) is 2. The Labute approximate surface area is 201 Å². The Morgan fingerprint density at radius 2 is 1.82 bits per heavy atom. The second-order valence-corrected chi connectivity index (χ2v) is 8.87. The van der Waals surface area contributed by atoms with Gasteiger partial charge in [0.2, 0.25) is 0 Å². The molecule has 4 unspecified atom stereocenters. The number of methoxy groups -OCH3 is 1. The minimum absolute atomic E-state index is 0. The third-order valence-electron chi connectivity index (χ3n) is 6.95. The van der Waals surface area contributed by atoms with E-state index in [1.54, 1.807) is 13.2 Å². The Bertz CT molecular complexity index is 897. The van der Waals surface area contributed by atoms with E-state index in [4.69, 9.17) is 9.47 Å². The van der Waals surface area contributed by atoms with Crippen LogP contribution in [0.2, 0.25) is 0 Å². The van der Waals surface area contributed by atoms with Crippen LogP contribution < -0.4 is 9.64 Å². The van der Waals surface area contributed by atoms with Gasteiger partial charge in [0.1, 0.15) is 17.6 Å². The largest absolute Gasteiger partial charge is 0.495 e. The second kappa shape index (κ2) is 11.2. The van der Waals surface area contributed by atoms with Crippen molar-refractivity contribution in [3.8, 4) is 5.75 Å². The van der Waals surface area contributed by atoms with Gasteiger partial charge in [-0.1, -0.05) is 18.2 Å². The van der Waals surface area contributed by atoms with E-state index in [1.165, 1.54) is 6.92 Å². The Morgan fingerprint density at radius 3 is 2.52 bits per heavy atom. The van der Waals surface area contributed by atoms with Crippen LogP contribution in [-0.2, 0) is 19.1 Å². The summed E-state index contributed by atoms with van der Waals surface area (Å²) >= 11 is 0. The van der Waals surface area contributed by atoms with Crippen molar-refractivity contribution in [1.82, 2.24) is 4.90 Å². The summed E-state index contributed by atoms with van der Waals surface area (Å²) in [6.07, 6.45) is 4.97. The van der Waals surface area contributed by atoms with Gasteiger partial charge in [0.25, 0.3) is 0 Å². The molecular weight excluding hydrogens is 444 g/mol. The number of esters is 1. The van der Waals surface area contributed by atoms with E-state index < -0.39 is 23.9 Å². The number of allylic oxidation sites excluding steroid dienone is 1. The van der Waals surface area contributed by atoms with Gasteiger partial charge in [-0.05, 0) is 44.0 Å². The topological polar surface area (TPSA) is 76.2 Å². The highest BCUT2D eigenvalue weighted by atomic mass is 35.5. The maximum absolute atomic E-state index is 13.0. The summed E-state index contributed by atoms with van der Waals surface area (Å²) in [6.45, 7) is 5.92. The zero-order chi connectivity index (χ0) is 22.7. The van der Waals surface area contributed by atoms with Crippen LogP contribution in [0, 0.1) is 17.8 Å². The van der Waals surface area contributed by atoms with Crippen molar-refractivity contribution in [2.75, 3.05) is 44.7 Å². The predicted molar refractivity (Wildman–Crippen MR) is 128 cm³/mol. The number of nitrogens with zero attached hydrogens (tertiary/aromatic N) is 2. The van der Waals surface area contributed by atoms with E-state index in [-0.39, 0.29) is 29.9 Å². The molecule has 1 heterocycles. The molecular formula is C25H33ClN2O5. The molecule has 8 heteroatoms. The first-order chi connectivity index (χ1) is 15.5. The first-order valence-corrected chi connectivity index (χ1v) is 11.5. The lowest BCUT2D eigenvalue weighted by molar-refractivity contribution is -0.149. The van der Waals surface area contributed by atoms with E-state index >= 15 is 0 Å². The average molecular weight is 477 g/mol.